The molecule has 0 fully saturated rings. The fourth-order valence-corrected chi connectivity index (χ4v) is 2.27. The van der Waals surface area contributed by atoms with Gasteiger partial charge in [0.2, 0.25) is 0 Å². The van der Waals surface area contributed by atoms with Crippen LogP contribution < -0.4 is 16.8 Å². The quantitative estimate of drug-likeness (QED) is 0.627. The predicted octanol–water partition coefficient (Wildman–Crippen LogP) is 4.40. The first kappa shape index (κ1) is 13.9. The van der Waals surface area contributed by atoms with Crippen LogP contribution >= 0.6 is 0 Å². The van der Waals surface area contributed by atoms with Gasteiger partial charge in [-0.15, -0.1) is 0 Å². The van der Waals surface area contributed by atoms with Crippen LogP contribution in [0, 0.1) is 5.82 Å². The molecule has 0 atom stereocenters. The number of nitrogens with one attached hydrogen (secondary N) is 1. The average molecular weight is 293 g/mol. The van der Waals surface area contributed by atoms with Crippen molar-refractivity contribution in [3.8, 4) is 11.1 Å². The molecule has 4 heteroatoms. The van der Waals surface area contributed by atoms with Crippen LogP contribution in [-0.4, -0.2) is 0 Å². The largest absolute Gasteiger partial charge is 0.399 e. The highest BCUT2D eigenvalue weighted by atomic mass is 19.1. The molecular formula is C18H16FN3. The third-order valence-electron chi connectivity index (χ3n) is 3.39. The first-order valence-corrected chi connectivity index (χ1v) is 6.90. The second-order valence-electron chi connectivity index (χ2n) is 5.06. The lowest BCUT2D eigenvalue weighted by atomic mass is 10.0. The van der Waals surface area contributed by atoms with E-state index in [1.807, 2.05) is 42.5 Å². The average Bonchev–Trinajstić information content (AvgIpc) is 2.50. The number of halogens is 1. The topological polar surface area (TPSA) is 64.1 Å². The Morgan fingerprint density at radius 2 is 1.50 bits per heavy atom. The highest BCUT2D eigenvalue weighted by Crippen LogP contribution is 2.29. The summed E-state index contributed by atoms with van der Waals surface area (Å²) in [6.07, 6.45) is 0. The summed E-state index contributed by atoms with van der Waals surface area (Å²) < 4.78 is 13.0. The zero-order valence-electron chi connectivity index (χ0n) is 11.9. The number of hydrogen-bond donors (Lipinski definition) is 3. The van der Waals surface area contributed by atoms with Crippen molar-refractivity contribution >= 4 is 22.7 Å². The molecule has 3 aromatic rings. The van der Waals surface area contributed by atoms with Gasteiger partial charge in [0.25, 0.3) is 0 Å². The molecule has 0 amide bonds. The van der Waals surface area contributed by atoms with E-state index in [0.29, 0.717) is 11.4 Å². The second-order valence-corrected chi connectivity index (χ2v) is 5.06. The van der Waals surface area contributed by atoms with E-state index in [2.05, 4.69) is 5.32 Å². The van der Waals surface area contributed by atoms with Crippen LogP contribution in [0.2, 0.25) is 0 Å². The zero-order valence-corrected chi connectivity index (χ0v) is 11.9. The molecular weight excluding hydrogens is 277 g/mol. The van der Waals surface area contributed by atoms with Gasteiger partial charge in [0, 0.05) is 11.4 Å². The van der Waals surface area contributed by atoms with Gasteiger partial charge in [-0.25, -0.2) is 4.39 Å². The van der Waals surface area contributed by atoms with Crippen LogP contribution in [0.1, 0.15) is 0 Å². The highest BCUT2D eigenvalue weighted by molar-refractivity contribution is 5.79. The molecule has 0 aromatic heterocycles. The summed E-state index contributed by atoms with van der Waals surface area (Å²) in [6, 6.07) is 19.5. The van der Waals surface area contributed by atoms with Crippen molar-refractivity contribution in [2.24, 2.45) is 0 Å². The van der Waals surface area contributed by atoms with Gasteiger partial charge in [-0.2, -0.15) is 0 Å². The number of benzene rings is 3. The molecule has 0 saturated carbocycles. The Balaban J connectivity index is 1.87. The SMILES string of the molecule is Nc1cccc(Nc2ccc(-c3ccc(F)cc3)cc2N)c1. The lowest BCUT2D eigenvalue weighted by Crippen LogP contribution is -1.97. The summed E-state index contributed by atoms with van der Waals surface area (Å²) in [5.41, 5.74) is 16.7. The third-order valence-corrected chi connectivity index (χ3v) is 3.39. The van der Waals surface area contributed by atoms with Gasteiger partial charge < -0.3 is 16.8 Å². The minimum absolute atomic E-state index is 0.253. The molecule has 0 unspecified atom stereocenters. The van der Waals surface area contributed by atoms with Crippen LogP contribution in [0.5, 0.6) is 0 Å². The molecule has 3 nitrogen and oxygen atoms in total. The summed E-state index contributed by atoms with van der Waals surface area (Å²) in [6.45, 7) is 0. The van der Waals surface area contributed by atoms with Gasteiger partial charge in [-0.3, -0.25) is 0 Å². The third kappa shape index (κ3) is 3.01. The first-order valence-electron chi connectivity index (χ1n) is 6.90. The molecule has 3 aromatic carbocycles. The Labute approximate surface area is 128 Å². The number of hydrogen-bond acceptors (Lipinski definition) is 3. The Hall–Kier alpha value is -3.01. The Kier molecular flexibility index (Phi) is 3.66. The summed E-state index contributed by atoms with van der Waals surface area (Å²) in [5, 5.41) is 3.24. The minimum Gasteiger partial charge on any atom is -0.399 e. The number of nitrogen functional groups attached to an aromatic ring is 2. The lowest BCUT2D eigenvalue weighted by Gasteiger charge is -2.11. The number of anilines is 4. The maximum atomic E-state index is 13.0. The van der Waals surface area contributed by atoms with Crippen molar-refractivity contribution < 1.29 is 4.39 Å². The monoisotopic (exact) mass is 293 g/mol. The molecule has 0 aliphatic rings. The van der Waals surface area contributed by atoms with E-state index in [1.54, 1.807) is 12.1 Å². The van der Waals surface area contributed by atoms with E-state index in [0.717, 1.165) is 22.5 Å². The van der Waals surface area contributed by atoms with Crippen molar-refractivity contribution in [3.05, 3.63) is 72.5 Å². The van der Waals surface area contributed by atoms with Gasteiger partial charge >= 0.3 is 0 Å². The molecule has 22 heavy (non-hydrogen) atoms. The molecule has 5 N–H and O–H groups in total. The molecule has 0 aliphatic carbocycles. The number of rotatable bonds is 3. The normalized spacial score (nSPS) is 10.4. The lowest BCUT2D eigenvalue weighted by molar-refractivity contribution is 0.628. The number of nitrogens with two attached hydrogens (primary N) is 2. The van der Waals surface area contributed by atoms with Gasteiger partial charge in [0.15, 0.2) is 0 Å². The van der Waals surface area contributed by atoms with E-state index in [-0.39, 0.29) is 5.82 Å². The van der Waals surface area contributed by atoms with Crippen molar-refractivity contribution in [2.75, 3.05) is 16.8 Å². The van der Waals surface area contributed by atoms with E-state index < -0.39 is 0 Å². The van der Waals surface area contributed by atoms with Crippen LogP contribution in [0.3, 0.4) is 0 Å². The zero-order chi connectivity index (χ0) is 15.5. The Morgan fingerprint density at radius 1 is 0.773 bits per heavy atom. The maximum absolute atomic E-state index is 13.0. The molecule has 0 spiro atoms. The Morgan fingerprint density at radius 3 is 2.18 bits per heavy atom. The van der Waals surface area contributed by atoms with E-state index in [4.69, 9.17) is 11.5 Å². The van der Waals surface area contributed by atoms with Crippen molar-refractivity contribution in [2.45, 2.75) is 0 Å². The Bertz CT molecular complexity index is 798. The van der Waals surface area contributed by atoms with E-state index >= 15 is 0 Å². The van der Waals surface area contributed by atoms with Gasteiger partial charge in [0.1, 0.15) is 5.82 Å². The fourth-order valence-electron chi connectivity index (χ4n) is 2.27. The summed E-state index contributed by atoms with van der Waals surface area (Å²) in [7, 11) is 0. The van der Waals surface area contributed by atoms with Gasteiger partial charge in [0.05, 0.1) is 11.4 Å². The second kappa shape index (κ2) is 5.77. The molecule has 0 bridgehead atoms. The maximum Gasteiger partial charge on any atom is 0.123 e. The predicted molar refractivity (Wildman–Crippen MR) is 90.4 cm³/mol. The standard InChI is InChI=1S/C18H16FN3/c19-14-7-4-12(5-8-14)13-6-9-18(17(21)10-13)22-16-3-1-2-15(20)11-16/h1-11,22H,20-21H2. The molecule has 3 rings (SSSR count). The summed E-state index contributed by atoms with van der Waals surface area (Å²) in [4.78, 5) is 0. The molecule has 110 valence electrons. The van der Waals surface area contributed by atoms with E-state index in [1.165, 1.54) is 12.1 Å². The van der Waals surface area contributed by atoms with Gasteiger partial charge in [-0.05, 0) is 53.6 Å². The molecule has 0 aliphatic heterocycles. The van der Waals surface area contributed by atoms with E-state index in [9.17, 15) is 4.39 Å². The van der Waals surface area contributed by atoms with Crippen LogP contribution in [-0.2, 0) is 0 Å². The first-order chi connectivity index (χ1) is 10.6. The van der Waals surface area contributed by atoms with Crippen molar-refractivity contribution in [1.29, 1.82) is 0 Å². The van der Waals surface area contributed by atoms with Crippen molar-refractivity contribution in [1.82, 2.24) is 0 Å². The highest BCUT2D eigenvalue weighted by Gasteiger charge is 2.04. The minimum atomic E-state index is -0.253. The van der Waals surface area contributed by atoms with Gasteiger partial charge in [-0.1, -0.05) is 24.3 Å². The molecule has 0 heterocycles. The smallest absolute Gasteiger partial charge is 0.123 e. The molecule has 0 saturated heterocycles. The van der Waals surface area contributed by atoms with Crippen LogP contribution in [0.25, 0.3) is 11.1 Å². The summed E-state index contributed by atoms with van der Waals surface area (Å²) in [5.74, 6) is -0.253. The van der Waals surface area contributed by atoms with Crippen molar-refractivity contribution in [3.63, 3.8) is 0 Å². The molecule has 0 radical (unpaired) electrons. The summed E-state index contributed by atoms with van der Waals surface area (Å²) >= 11 is 0. The van der Waals surface area contributed by atoms with Crippen LogP contribution in [0.15, 0.2) is 66.7 Å². The van der Waals surface area contributed by atoms with Crippen LogP contribution in [0.4, 0.5) is 27.1 Å². The fraction of sp³-hybridized carbons (Fsp3) is 0.